The molecule has 0 spiro atoms. The van der Waals surface area contributed by atoms with Gasteiger partial charge in [-0.2, -0.15) is 0 Å². The molecule has 1 aliphatic rings. The van der Waals surface area contributed by atoms with Crippen LogP contribution in [0.4, 0.5) is 5.69 Å². The molecule has 4 heteroatoms. The van der Waals surface area contributed by atoms with Crippen LogP contribution in [0.15, 0.2) is 18.2 Å². The Balaban J connectivity index is 2.19. The maximum absolute atomic E-state index is 9.42. The van der Waals surface area contributed by atoms with Crippen molar-refractivity contribution >= 4 is 17.3 Å². The van der Waals surface area contributed by atoms with Gasteiger partial charge in [-0.05, 0) is 24.1 Å². The lowest BCUT2D eigenvalue weighted by Crippen LogP contribution is -2.21. The third kappa shape index (κ3) is 2.25. The zero-order valence-electron chi connectivity index (χ0n) is 8.36. The number of hydrogen-bond donors (Lipinski definition) is 2. The molecule has 1 saturated heterocycles. The van der Waals surface area contributed by atoms with E-state index < -0.39 is 0 Å². The number of aliphatic hydroxyl groups excluding tert-OH is 2. The van der Waals surface area contributed by atoms with E-state index in [-0.39, 0.29) is 12.7 Å². The lowest BCUT2D eigenvalue weighted by molar-refractivity contribution is 0.198. The van der Waals surface area contributed by atoms with Crippen LogP contribution < -0.4 is 4.90 Å². The molecule has 1 heterocycles. The Morgan fingerprint density at radius 1 is 1.47 bits per heavy atom. The van der Waals surface area contributed by atoms with Crippen molar-refractivity contribution in [2.24, 2.45) is 0 Å². The number of β-amino-alcohol motifs (C(OH)–C–C–N with tert-alkyl or cyclic N) is 1. The topological polar surface area (TPSA) is 43.7 Å². The average Bonchev–Trinajstić information content (AvgIpc) is 2.65. The zero-order chi connectivity index (χ0) is 10.8. The SMILES string of the molecule is OCc1ccc(N2CCC(O)C2)cc1Cl. The minimum atomic E-state index is -0.235. The number of anilines is 1. The highest BCUT2D eigenvalue weighted by Crippen LogP contribution is 2.26. The Kier molecular flexibility index (Phi) is 3.14. The molecule has 2 rings (SSSR count). The third-order valence-corrected chi connectivity index (χ3v) is 3.09. The molecule has 1 unspecified atom stereocenters. The molecular formula is C11H14ClNO2. The molecule has 82 valence electrons. The van der Waals surface area contributed by atoms with Gasteiger partial charge in [0.05, 0.1) is 12.7 Å². The normalized spacial score (nSPS) is 21.0. The number of hydrogen-bond acceptors (Lipinski definition) is 3. The summed E-state index contributed by atoms with van der Waals surface area (Å²) in [6, 6.07) is 5.59. The third-order valence-electron chi connectivity index (χ3n) is 2.74. The van der Waals surface area contributed by atoms with E-state index in [0.717, 1.165) is 24.2 Å². The van der Waals surface area contributed by atoms with E-state index in [2.05, 4.69) is 4.90 Å². The molecule has 1 aromatic carbocycles. The minimum Gasteiger partial charge on any atom is -0.392 e. The van der Waals surface area contributed by atoms with Crippen molar-refractivity contribution < 1.29 is 10.2 Å². The highest BCUT2D eigenvalue weighted by atomic mass is 35.5. The Morgan fingerprint density at radius 2 is 2.27 bits per heavy atom. The minimum absolute atomic E-state index is 0.0399. The van der Waals surface area contributed by atoms with Crippen LogP contribution in [0.5, 0.6) is 0 Å². The highest BCUT2D eigenvalue weighted by Gasteiger charge is 2.20. The maximum Gasteiger partial charge on any atom is 0.0731 e. The first-order chi connectivity index (χ1) is 7.20. The Bertz CT molecular complexity index is 356. The van der Waals surface area contributed by atoms with Crippen LogP contribution >= 0.6 is 11.6 Å². The molecule has 1 aliphatic heterocycles. The second-order valence-corrected chi connectivity index (χ2v) is 4.23. The first-order valence-electron chi connectivity index (χ1n) is 5.03. The van der Waals surface area contributed by atoms with E-state index in [1.165, 1.54) is 0 Å². The Labute approximate surface area is 93.9 Å². The molecule has 1 aromatic rings. The highest BCUT2D eigenvalue weighted by molar-refractivity contribution is 6.31. The van der Waals surface area contributed by atoms with Crippen LogP contribution in [0, 0.1) is 0 Å². The first-order valence-corrected chi connectivity index (χ1v) is 5.41. The summed E-state index contributed by atoms with van der Waals surface area (Å²) < 4.78 is 0. The van der Waals surface area contributed by atoms with Crippen LogP contribution in [0.25, 0.3) is 0 Å². The van der Waals surface area contributed by atoms with Crippen molar-refractivity contribution in [3.05, 3.63) is 28.8 Å². The summed E-state index contributed by atoms with van der Waals surface area (Å²) in [6.45, 7) is 1.48. The van der Waals surface area contributed by atoms with Gasteiger partial charge in [0.25, 0.3) is 0 Å². The van der Waals surface area contributed by atoms with Crippen LogP contribution in [0.1, 0.15) is 12.0 Å². The second-order valence-electron chi connectivity index (χ2n) is 3.82. The van der Waals surface area contributed by atoms with Crippen molar-refractivity contribution in [1.29, 1.82) is 0 Å². The van der Waals surface area contributed by atoms with Gasteiger partial charge in [-0.3, -0.25) is 0 Å². The van der Waals surface area contributed by atoms with Gasteiger partial charge < -0.3 is 15.1 Å². The fraction of sp³-hybridized carbons (Fsp3) is 0.455. The van der Waals surface area contributed by atoms with Crippen molar-refractivity contribution in [3.63, 3.8) is 0 Å². The van der Waals surface area contributed by atoms with Gasteiger partial charge in [-0.15, -0.1) is 0 Å². The Hall–Kier alpha value is -0.770. The quantitative estimate of drug-likeness (QED) is 0.803. The second kappa shape index (κ2) is 4.39. The number of nitrogens with zero attached hydrogens (tertiary/aromatic N) is 1. The molecule has 0 radical (unpaired) electrons. The fourth-order valence-corrected chi connectivity index (χ4v) is 2.07. The Morgan fingerprint density at radius 3 is 2.80 bits per heavy atom. The van der Waals surface area contributed by atoms with Gasteiger partial charge in [0, 0.05) is 23.8 Å². The molecule has 1 fully saturated rings. The predicted octanol–water partition coefficient (Wildman–Crippen LogP) is 1.40. The smallest absolute Gasteiger partial charge is 0.0731 e. The van der Waals surface area contributed by atoms with Gasteiger partial charge in [0.15, 0.2) is 0 Å². The van der Waals surface area contributed by atoms with Gasteiger partial charge >= 0.3 is 0 Å². The van der Waals surface area contributed by atoms with Gasteiger partial charge in [0.1, 0.15) is 0 Å². The lowest BCUT2D eigenvalue weighted by Gasteiger charge is -2.18. The van der Waals surface area contributed by atoms with Crippen molar-refractivity contribution in [1.82, 2.24) is 0 Å². The zero-order valence-corrected chi connectivity index (χ0v) is 9.11. The van der Waals surface area contributed by atoms with Crippen LogP contribution in [-0.4, -0.2) is 29.4 Å². The summed E-state index contributed by atoms with van der Waals surface area (Å²) in [5.74, 6) is 0. The molecule has 0 bridgehead atoms. The van der Waals surface area contributed by atoms with Gasteiger partial charge in [-0.1, -0.05) is 17.7 Å². The number of halogens is 1. The summed E-state index contributed by atoms with van der Waals surface area (Å²) in [5.41, 5.74) is 1.74. The molecule has 3 nitrogen and oxygen atoms in total. The number of aliphatic hydroxyl groups is 2. The summed E-state index contributed by atoms with van der Waals surface area (Å²) in [4.78, 5) is 2.09. The van der Waals surface area contributed by atoms with Crippen molar-refractivity contribution in [2.45, 2.75) is 19.1 Å². The van der Waals surface area contributed by atoms with Crippen molar-refractivity contribution in [2.75, 3.05) is 18.0 Å². The van der Waals surface area contributed by atoms with E-state index in [1.54, 1.807) is 0 Å². The monoisotopic (exact) mass is 227 g/mol. The molecule has 2 N–H and O–H groups in total. The summed E-state index contributed by atoms with van der Waals surface area (Å²) in [5, 5.41) is 19.0. The van der Waals surface area contributed by atoms with E-state index in [4.69, 9.17) is 16.7 Å². The number of benzene rings is 1. The van der Waals surface area contributed by atoms with E-state index in [1.807, 2.05) is 18.2 Å². The molecule has 1 atom stereocenters. The molecule has 0 aliphatic carbocycles. The molecule has 0 aromatic heterocycles. The first kappa shape index (κ1) is 10.7. The summed E-state index contributed by atoms with van der Waals surface area (Å²) in [6.07, 6.45) is 0.570. The van der Waals surface area contributed by atoms with Gasteiger partial charge in [-0.25, -0.2) is 0 Å². The summed E-state index contributed by atoms with van der Waals surface area (Å²) >= 11 is 6.00. The molecule has 0 amide bonds. The van der Waals surface area contributed by atoms with E-state index in [9.17, 15) is 5.11 Å². The average molecular weight is 228 g/mol. The van der Waals surface area contributed by atoms with Crippen LogP contribution in [0.3, 0.4) is 0 Å². The van der Waals surface area contributed by atoms with E-state index in [0.29, 0.717) is 11.6 Å². The molecular weight excluding hydrogens is 214 g/mol. The standard InChI is InChI=1S/C11H14ClNO2/c12-11-5-9(2-1-8(11)7-14)13-4-3-10(15)6-13/h1-2,5,10,14-15H,3-4,6-7H2. The van der Waals surface area contributed by atoms with Crippen molar-refractivity contribution in [3.8, 4) is 0 Å². The van der Waals surface area contributed by atoms with Crippen LogP contribution in [0.2, 0.25) is 5.02 Å². The fourth-order valence-electron chi connectivity index (χ4n) is 1.84. The molecule has 0 saturated carbocycles. The predicted molar refractivity (Wildman–Crippen MR) is 60.2 cm³/mol. The lowest BCUT2D eigenvalue weighted by atomic mass is 10.2. The maximum atomic E-state index is 9.42. The van der Waals surface area contributed by atoms with E-state index >= 15 is 0 Å². The largest absolute Gasteiger partial charge is 0.392 e. The molecule has 15 heavy (non-hydrogen) atoms. The van der Waals surface area contributed by atoms with Crippen LogP contribution in [-0.2, 0) is 6.61 Å². The number of rotatable bonds is 2. The van der Waals surface area contributed by atoms with Gasteiger partial charge in [0.2, 0.25) is 0 Å². The summed E-state index contributed by atoms with van der Waals surface area (Å²) in [7, 11) is 0.